The molecule has 4 heteroatoms. The third-order valence-electron chi connectivity index (χ3n) is 1.41. The van der Waals surface area contributed by atoms with Crippen molar-refractivity contribution in [2.45, 2.75) is 0 Å². The van der Waals surface area contributed by atoms with Crippen LogP contribution in [0.5, 0.6) is 0 Å². The van der Waals surface area contributed by atoms with Crippen LogP contribution in [0.2, 0.25) is 0 Å². The van der Waals surface area contributed by atoms with E-state index in [1.54, 1.807) is 6.07 Å². The fraction of sp³-hybridized carbons (Fsp3) is 0. The molecule has 1 aromatic heterocycles. The molecule has 2 rings (SSSR count). The largest absolute Gasteiger partial charge is 1.00 e. The molecule has 0 aliphatic rings. The zero-order chi connectivity index (χ0) is 7.68. The van der Waals surface area contributed by atoms with Crippen molar-refractivity contribution in [2.24, 2.45) is 0 Å². The number of hydrogen-bond donors (Lipinski definition) is 0. The van der Waals surface area contributed by atoms with E-state index in [1.807, 2.05) is 12.1 Å². The molecule has 12 heavy (non-hydrogen) atoms. The number of fused-ring (bicyclic) bond motifs is 1. The molecule has 0 bridgehead atoms. The molecule has 2 nitrogen and oxygen atoms in total. The Morgan fingerprint density at radius 3 is 3.08 bits per heavy atom. The van der Waals surface area contributed by atoms with Crippen molar-refractivity contribution in [1.29, 1.82) is 5.26 Å². The summed E-state index contributed by atoms with van der Waals surface area (Å²) in [5.74, 6) is 0. The number of nitriles is 1. The number of benzene rings is 1. The van der Waals surface area contributed by atoms with E-state index in [1.165, 1.54) is 11.3 Å². The van der Waals surface area contributed by atoms with Crippen molar-refractivity contribution in [1.82, 2.24) is 4.98 Å². The predicted octanol–water partition coefficient (Wildman–Crippen LogP) is -1.03. The summed E-state index contributed by atoms with van der Waals surface area (Å²) in [7, 11) is 0. The van der Waals surface area contributed by atoms with Crippen molar-refractivity contribution in [3.8, 4) is 6.07 Å². The van der Waals surface area contributed by atoms with Gasteiger partial charge in [0, 0.05) is 5.56 Å². The minimum atomic E-state index is 0. The van der Waals surface area contributed by atoms with E-state index in [9.17, 15) is 0 Å². The van der Waals surface area contributed by atoms with Gasteiger partial charge in [-0.15, -0.1) is 6.07 Å². The molecule has 0 N–H and O–H groups in total. The maximum atomic E-state index is 8.56. The van der Waals surface area contributed by atoms with Crippen LogP contribution < -0.4 is 18.9 Å². The fourth-order valence-corrected chi connectivity index (χ4v) is 1.53. The van der Waals surface area contributed by atoms with Crippen molar-refractivity contribution >= 4 is 21.6 Å². The van der Waals surface area contributed by atoms with Crippen LogP contribution in [0, 0.1) is 16.8 Å². The first-order chi connectivity index (χ1) is 5.40. The van der Waals surface area contributed by atoms with E-state index in [-0.39, 0.29) is 18.9 Å². The molecule has 0 saturated carbocycles. The van der Waals surface area contributed by atoms with Crippen LogP contribution in [-0.4, -0.2) is 4.98 Å². The van der Waals surface area contributed by atoms with Crippen LogP contribution >= 0.6 is 11.3 Å². The summed E-state index contributed by atoms with van der Waals surface area (Å²) in [5, 5.41) is 8.56. The number of thiazole rings is 1. The van der Waals surface area contributed by atoms with Gasteiger partial charge in [0.25, 0.3) is 0 Å². The first kappa shape index (κ1) is 9.29. The second-order valence-corrected chi connectivity index (χ2v) is 2.93. The van der Waals surface area contributed by atoms with Crippen molar-refractivity contribution in [3.63, 3.8) is 0 Å². The van der Waals surface area contributed by atoms with Gasteiger partial charge in [0.05, 0.1) is 6.07 Å². The van der Waals surface area contributed by atoms with E-state index in [0.717, 1.165) is 10.2 Å². The predicted molar refractivity (Wildman–Crippen MR) is 43.2 cm³/mol. The van der Waals surface area contributed by atoms with Gasteiger partial charge in [-0.2, -0.15) is 5.26 Å². The molecule has 0 spiro atoms. The maximum Gasteiger partial charge on any atom is 1.00 e. The van der Waals surface area contributed by atoms with Gasteiger partial charge < -0.3 is 4.98 Å². The quantitative estimate of drug-likeness (QED) is 0.370. The molecule has 0 fully saturated rings. The zero-order valence-corrected chi connectivity index (χ0v) is 7.35. The minimum Gasteiger partial charge on any atom is -0.386 e. The third-order valence-corrected chi connectivity index (χ3v) is 2.14. The third kappa shape index (κ3) is 1.52. The fourth-order valence-electron chi connectivity index (χ4n) is 0.879. The molecule has 0 saturated heterocycles. The first-order valence-electron chi connectivity index (χ1n) is 3.07. The maximum absolute atomic E-state index is 8.56. The van der Waals surface area contributed by atoms with Crippen LogP contribution in [0.3, 0.4) is 0 Å². The number of nitrogens with zero attached hydrogens (tertiary/aromatic N) is 2. The molecule has 0 unspecified atom stereocenters. The zero-order valence-electron chi connectivity index (χ0n) is 6.53. The summed E-state index contributed by atoms with van der Waals surface area (Å²) in [6, 6.07) is 7.49. The summed E-state index contributed by atoms with van der Waals surface area (Å²) in [6.45, 7) is 0. The Kier molecular flexibility index (Phi) is 2.89. The topological polar surface area (TPSA) is 36.7 Å². The molecule has 0 aliphatic heterocycles. The second kappa shape index (κ2) is 3.73. The molecular formula is C8H3LiN2S. The molecule has 0 atom stereocenters. The van der Waals surface area contributed by atoms with Crippen molar-refractivity contribution < 1.29 is 18.9 Å². The molecular weight excluding hydrogens is 163 g/mol. The van der Waals surface area contributed by atoms with Crippen LogP contribution in [0.1, 0.15) is 5.56 Å². The van der Waals surface area contributed by atoms with Gasteiger partial charge in [0.15, 0.2) is 0 Å². The van der Waals surface area contributed by atoms with Crippen molar-refractivity contribution in [3.05, 3.63) is 29.3 Å². The monoisotopic (exact) mass is 166 g/mol. The van der Waals surface area contributed by atoms with Gasteiger partial charge in [0.2, 0.25) is 0 Å². The summed E-state index contributed by atoms with van der Waals surface area (Å²) >= 11 is 1.43. The molecule has 1 heterocycles. The molecule has 1 aromatic carbocycles. The van der Waals surface area contributed by atoms with Gasteiger partial charge >= 0.3 is 18.9 Å². The Bertz CT molecular complexity index is 430. The Balaban J connectivity index is 0.000000720. The minimum absolute atomic E-state index is 0. The van der Waals surface area contributed by atoms with Crippen LogP contribution in [-0.2, 0) is 0 Å². The average Bonchev–Trinajstić information content (AvgIpc) is 2.50. The van der Waals surface area contributed by atoms with Gasteiger partial charge in [0.1, 0.15) is 0 Å². The molecule has 0 aliphatic carbocycles. The summed E-state index contributed by atoms with van der Waals surface area (Å²) < 4.78 is 1.02. The van der Waals surface area contributed by atoms with E-state index in [2.05, 4.69) is 16.6 Å². The average molecular weight is 166 g/mol. The van der Waals surface area contributed by atoms with Crippen LogP contribution in [0.4, 0.5) is 0 Å². The SMILES string of the molecule is N#Cc1ccc2n[c-]sc2c1.[Li+]. The number of aromatic nitrogens is 1. The van der Waals surface area contributed by atoms with Gasteiger partial charge in [-0.1, -0.05) is 22.3 Å². The van der Waals surface area contributed by atoms with E-state index in [4.69, 9.17) is 5.26 Å². The standard InChI is InChI=1S/C8H3N2S.Li/c9-4-6-1-2-7-8(3-6)11-5-10-7;/h1-3H;/q-1;+1. The summed E-state index contributed by atoms with van der Waals surface area (Å²) in [4.78, 5) is 3.98. The molecule has 0 amide bonds. The first-order valence-corrected chi connectivity index (χ1v) is 3.88. The van der Waals surface area contributed by atoms with Crippen LogP contribution in [0.25, 0.3) is 10.2 Å². The van der Waals surface area contributed by atoms with E-state index in [0.29, 0.717) is 5.56 Å². The van der Waals surface area contributed by atoms with Gasteiger partial charge in [-0.05, 0) is 5.51 Å². The van der Waals surface area contributed by atoms with E-state index >= 15 is 0 Å². The smallest absolute Gasteiger partial charge is 0.386 e. The second-order valence-electron chi connectivity index (χ2n) is 2.10. The molecule has 52 valence electrons. The van der Waals surface area contributed by atoms with Gasteiger partial charge in [-0.25, -0.2) is 0 Å². The van der Waals surface area contributed by atoms with Gasteiger partial charge in [-0.3, -0.25) is 11.3 Å². The van der Waals surface area contributed by atoms with Crippen LogP contribution in [0.15, 0.2) is 18.2 Å². The molecule has 2 aromatic rings. The Morgan fingerprint density at radius 1 is 1.50 bits per heavy atom. The Labute approximate surface area is 86.0 Å². The summed E-state index contributed by atoms with van der Waals surface area (Å²) in [6.07, 6.45) is 0. The Morgan fingerprint density at radius 2 is 2.33 bits per heavy atom. The number of hydrogen-bond acceptors (Lipinski definition) is 3. The normalized spacial score (nSPS) is 8.92. The summed E-state index contributed by atoms with van der Waals surface area (Å²) in [5.41, 5.74) is 4.36. The molecule has 0 radical (unpaired) electrons. The Hall–Kier alpha value is -0.803. The van der Waals surface area contributed by atoms with E-state index < -0.39 is 0 Å². The van der Waals surface area contributed by atoms with Crippen molar-refractivity contribution in [2.75, 3.05) is 0 Å². The number of rotatable bonds is 0.